The molecule has 4 heterocycles. The highest BCUT2D eigenvalue weighted by molar-refractivity contribution is 9.11. The van der Waals surface area contributed by atoms with Crippen LogP contribution in [0.5, 0.6) is 11.5 Å². The van der Waals surface area contributed by atoms with Gasteiger partial charge in [0.25, 0.3) is 0 Å². The topological polar surface area (TPSA) is 172 Å². The normalized spacial score (nSPS) is 16.7. The average molecular weight is 1510 g/mol. The van der Waals surface area contributed by atoms with Gasteiger partial charge in [0.15, 0.2) is 6.10 Å². The number of anilines is 2. The van der Waals surface area contributed by atoms with E-state index in [1.165, 1.54) is 36.5 Å². The Morgan fingerprint density at radius 3 is 1.27 bits per heavy atom. The number of amides is 2. The van der Waals surface area contributed by atoms with E-state index < -0.39 is 23.3 Å². The maximum absolute atomic E-state index is 13.0. The number of piperidine rings is 2. The molecule has 0 bridgehead atoms. The number of alkyl halides is 1. The highest BCUT2D eigenvalue weighted by Crippen LogP contribution is 2.41. The fourth-order valence-corrected chi connectivity index (χ4v) is 13.6. The summed E-state index contributed by atoms with van der Waals surface area (Å²) in [6, 6.07) is 50.0. The van der Waals surface area contributed by atoms with Gasteiger partial charge in [0.05, 0.1) is 47.7 Å². The molecule has 4 aliphatic rings. The molecule has 6 aromatic rings. The first-order valence-electron chi connectivity index (χ1n) is 31.6. The first-order chi connectivity index (χ1) is 44.4. The van der Waals surface area contributed by atoms with Crippen LogP contribution >= 0.6 is 71.0 Å². The van der Waals surface area contributed by atoms with Crippen molar-refractivity contribution in [3.63, 3.8) is 0 Å². The van der Waals surface area contributed by atoms with Gasteiger partial charge in [0, 0.05) is 92.1 Å². The van der Waals surface area contributed by atoms with Crippen molar-refractivity contribution < 1.29 is 48.0 Å². The lowest BCUT2D eigenvalue weighted by Crippen LogP contribution is -2.51. The number of benzene rings is 6. The third-order valence-corrected chi connectivity index (χ3v) is 20.2. The molecular formula is C72H87Br3Cl2N6O10. The molecule has 500 valence electrons. The maximum Gasteiger partial charge on any atom is 0.410 e. The molecule has 2 atom stereocenters. The zero-order valence-corrected chi connectivity index (χ0v) is 60.4. The number of esters is 2. The Labute approximate surface area is 583 Å². The Hall–Kier alpha value is -6.06. The Morgan fingerprint density at radius 1 is 0.538 bits per heavy atom. The molecule has 0 aromatic heterocycles. The molecule has 2 unspecified atom stereocenters. The highest BCUT2D eigenvalue weighted by Gasteiger charge is 2.39. The molecule has 4 saturated heterocycles. The van der Waals surface area contributed by atoms with Gasteiger partial charge in [-0.3, -0.25) is 14.6 Å². The van der Waals surface area contributed by atoms with Gasteiger partial charge in [-0.15, -0.1) is 0 Å². The summed E-state index contributed by atoms with van der Waals surface area (Å²) >= 11 is 22.9. The number of rotatable bonds is 18. The summed E-state index contributed by atoms with van der Waals surface area (Å²) in [6.07, 6.45) is 1.24. The summed E-state index contributed by atoms with van der Waals surface area (Å²) in [4.78, 5) is 57.0. The Kier molecular flexibility index (Phi) is 26.6. The Balaban J connectivity index is 0.000000200. The van der Waals surface area contributed by atoms with E-state index in [1.54, 1.807) is 28.0 Å². The number of carbonyl (C=O) groups excluding carboxylic acids is 4. The maximum atomic E-state index is 13.0. The Morgan fingerprint density at radius 2 is 0.892 bits per heavy atom. The van der Waals surface area contributed by atoms with Crippen molar-refractivity contribution in [1.82, 2.24) is 19.6 Å². The van der Waals surface area contributed by atoms with Crippen molar-refractivity contribution in [3.05, 3.63) is 187 Å². The SMILES string of the molecule is COC(=O)C(Br)C1CCN(C(=O)OC(C)(C)C)CC1.COC(=O)C(Oc1cc(Br)c(Cl)cc1NCC1CN(C(c2ccccc2)c2ccccc2)C1)C1CCN(C(=O)OC(C)(C)C)CC1.Oc1cc(Br)c(Cl)cc1NCC1CN(C(c2ccccc2)c2ccccc2)C1. The molecule has 4 fully saturated rings. The average Bonchev–Trinajstić information content (AvgIpc) is 0.840. The molecule has 0 saturated carbocycles. The lowest BCUT2D eigenvalue weighted by molar-refractivity contribution is -0.152. The van der Waals surface area contributed by atoms with E-state index >= 15 is 0 Å². The minimum atomic E-state index is -0.837. The minimum Gasteiger partial charge on any atom is -0.506 e. The molecule has 0 spiro atoms. The van der Waals surface area contributed by atoms with Gasteiger partial charge in [-0.05, 0) is 152 Å². The summed E-state index contributed by atoms with van der Waals surface area (Å²) in [5.41, 5.74) is 5.54. The lowest BCUT2D eigenvalue weighted by Gasteiger charge is -2.45. The number of ether oxygens (including phenoxy) is 5. The molecule has 0 radical (unpaired) electrons. The number of hydrogen-bond acceptors (Lipinski definition) is 14. The summed E-state index contributed by atoms with van der Waals surface area (Å²) in [5.74, 6) is 1.02. The third kappa shape index (κ3) is 21.0. The number of methoxy groups -OCH3 is 2. The number of phenolic OH excluding ortho intramolecular Hbond substituents is 1. The summed E-state index contributed by atoms with van der Waals surface area (Å²) in [7, 11) is 2.75. The van der Waals surface area contributed by atoms with Crippen molar-refractivity contribution in [1.29, 1.82) is 0 Å². The van der Waals surface area contributed by atoms with Crippen LogP contribution in [0, 0.1) is 23.7 Å². The summed E-state index contributed by atoms with van der Waals surface area (Å²) < 4.78 is 28.5. The molecule has 4 aliphatic heterocycles. The van der Waals surface area contributed by atoms with E-state index in [-0.39, 0.29) is 52.7 Å². The Bertz CT molecular complexity index is 3300. The largest absolute Gasteiger partial charge is 0.506 e. The molecular weight excluding hydrogens is 1420 g/mol. The third-order valence-electron chi connectivity index (χ3n) is 16.7. The van der Waals surface area contributed by atoms with E-state index in [1.807, 2.05) is 47.6 Å². The van der Waals surface area contributed by atoms with Crippen LogP contribution in [-0.4, -0.2) is 151 Å². The van der Waals surface area contributed by atoms with E-state index in [9.17, 15) is 24.3 Å². The fourth-order valence-electron chi connectivity index (χ4n) is 11.9. The molecule has 6 aromatic carbocycles. The molecule has 21 heteroatoms. The molecule has 93 heavy (non-hydrogen) atoms. The van der Waals surface area contributed by atoms with Crippen molar-refractivity contribution in [2.24, 2.45) is 23.7 Å². The quantitative estimate of drug-likeness (QED) is 0.0321. The summed E-state index contributed by atoms with van der Waals surface area (Å²) in [5, 5.41) is 18.1. The van der Waals surface area contributed by atoms with Gasteiger partial charge < -0.3 is 49.2 Å². The predicted octanol–water partition coefficient (Wildman–Crippen LogP) is 16.3. The number of nitrogens with zero attached hydrogens (tertiary/aromatic N) is 4. The van der Waals surface area contributed by atoms with Gasteiger partial charge in [0.1, 0.15) is 27.5 Å². The number of phenols is 1. The van der Waals surface area contributed by atoms with Gasteiger partial charge >= 0.3 is 24.1 Å². The van der Waals surface area contributed by atoms with Crippen LogP contribution < -0.4 is 15.4 Å². The number of carbonyl (C=O) groups is 4. The van der Waals surface area contributed by atoms with Gasteiger partial charge in [-0.25, -0.2) is 14.4 Å². The van der Waals surface area contributed by atoms with Crippen LogP contribution in [0.1, 0.15) is 102 Å². The number of hydrogen-bond donors (Lipinski definition) is 3. The van der Waals surface area contributed by atoms with E-state index in [4.69, 9.17) is 46.9 Å². The standard InChI is InChI=1S/C36H43BrClN3O5.C23H22BrClN2O.C13H22BrNO4/c1-36(2,3)46-35(43)40-17-15-27(16-18-40)33(34(42)44-4)45-31-19-28(37)29(38)20-30(31)39-21-24-22-41(23-24)32(25-11-7-5-8-12-25)26-13-9-6-10-14-26;24-19-11-22(28)21(12-20(19)25)26-13-16-14-27(15-16)23(17-7-3-1-4-8-17)18-9-5-2-6-10-18;1-13(2,3)19-12(17)15-7-5-9(6-8-15)10(14)11(16)18-4/h5-14,19-20,24,27,32-33,39H,15-18,21-23H2,1-4H3;1-12,16,23,26,28H,13-15H2;9-10H,5-8H2,1-4H3. The number of aromatic hydroxyl groups is 1. The molecule has 10 rings (SSSR count). The fraction of sp³-hybridized carbons (Fsp3) is 0.444. The number of halogens is 5. The first-order valence-corrected chi connectivity index (χ1v) is 34.9. The molecule has 16 nitrogen and oxygen atoms in total. The van der Waals surface area contributed by atoms with Crippen LogP contribution in [0.25, 0.3) is 0 Å². The smallest absolute Gasteiger partial charge is 0.410 e. The summed E-state index contributed by atoms with van der Waals surface area (Å²) in [6.45, 7) is 18.7. The minimum absolute atomic E-state index is 0.137. The van der Waals surface area contributed by atoms with E-state index in [0.29, 0.717) is 81.3 Å². The van der Waals surface area contributed by atoms with Crippen LogP contribution in [0.3, 0.4) is 0 Å². The molecule has 2 amide bonds. The van der Waals surface area contributed by atoms with Gasteiger partial charge in [-0.2, -0.15) is 0 Å². The van der Waals surface area contributed by atoms with Crippen LogP contribution in [-0.2, 0) is 28.5 Å². The van der Waals surface area contributed by atoms with Crippen LogP contribution in [0.15, 0.2) is 155 Å². The first kappa shape index (κ1) is 72.8. The van der Waals surface area contributed by atoms with Gasteiger partial charge in [0.2, 0.25) is 0 Å². The predicted molar refractivity (Wildman–Crippen MR) is 379 cm³/mol. The second kappa shape index (κ2) is 34.1. The van der Waals surface area contributed by atoms with Crippen molar-refractivity contribution in [2.45, 2.75) is 101 Å². The monoisotopic (exact) mass is 1500 g/mol. The van der Waals surface area contributed by atoms with Crippen molar-refractivity contribution >= 4 is 106 Å². The second-order valence-corrected chi connectivity index (χ2v) is 29.5. The van der Waals surface area contributed by atoms with Crippen molar-refractivity contribution in [3.8, 4) is 11.5 Å². The number of likely N-dealkylation sites (tertiary alicyclic amines) is 4. The van der Waals surface area contributed by atoms with Crippen LogP contribution in [0.4, 0.5) is 21.0 Å². The van der Waals surface area contributed by atoms with Crippen LogP contribution in [0.2, 0.25) is 10.0 Å². The van der Waals surface area contributed by atoms with E-state index in [0.717, 1.165) is 57.8 Å². The van der Waals surface area contributed by atoms with E-state index in [2.05, 4.69) is 190 Å². The van der Waals surface area contributed by atoms with Gasteiger partial charge in [-0.1, -0.05) is 160 Å². The molecule has 3 N–H and O–H groups in total. The zero-order valence-electron chi connectivity index (χ0n) is 54.2. The highest BCUT2D eigenvalue weighted by atomic mass is 79.9. The zero-order chi connectivity index (χ0) is 67.0. The number of nitrogens with one attached hydrogen (secondary N) is 2. The lowest BCUT2D eigenvalue weighted by atomic mass is 9.90. The molecule has 0 aliphatic carbocycles. The van der Waals surface area contributed by atoms with Crippen molar-refractivity contribution in [2.75, 3.05) is 90.3 Å². The second-order valence-electron chi connectivity index (χ2n) is 26.0.